The smallest absolute Gasteiger partial charge is 0.417 e. The summed E-state index contributed by atoms with van der Waals surface area (Å²) in [5.41, 5.74) is -0.342. The van der Waals surface area contributed by atoms with Gasteiger partial charge in [-0.05, 0) is 23.8 Å². The van der Waals surface area contributed by atoms with Crippen molar-refractivity contribution >= 4 is 22.9 Å². The van der Waals surface area contributed by atoms with Crippen LogP contribution in [0, 0.1) is 6.57 Å². The zero-order valence-corrected chi connectivity index (χ0v) is 14.8. The van der Waals surface area contributed by atoms with Crippen LogP contribution in [-0.4, -0.2) is 27.6 Å². The Labute approximate surface area is 157 Å². The number of ether oxygens (including phenoxy) is 1. The predicted octanol–water partition coefficient (Wildman–Crippen LogP) is 4.33. The normalized spacial score (nSPS) is 11.7. The van der Waals surface area contributed by atoms with Gasteiger partial charge in [0.05, 0.1) is 54.2 Å². The summed E-state index contributed by atoms with van der Waals surface area (Å²) in [7, 11) is 2.88. The highest BCUT2D eigenvalue weighted by Crippen LogP contribution is 2.36. The third-order valence-electron chi connectivity index (χ3n) is 4.10. The maximum atomic E-state index is 13.5. The molecule has 0 saturated heterocycles. The molecule has 1 aromatic carbocycles. The fraction of sp³-hybridized carbons (Fsp3) is 0.158. The molecule has 3 aromatic rings. The van der Waals surface area contributed by atoms with Crippen molar-refractivity contribution in [3.8, 4) is 11.4 Å². The van der Waals surface area contributed by atoms with E-state index in [0.29, 0.717) is 5.69 Å². The molecule has 0 aliphatic carbocycles. The molecule has 0 saturated carbocycles. The summed E-state index contributed by atoms with van der Waals surface area (Å²) in [6.45, 7) is 6.77. The number of alkyl halides is 3. The lowest BCUT2D eigenvalue weighted by Gasteiger charge is -2.14. The number of benzene rings is 1. The van der Waals surface area contributed by atoms with Crippen LogP contribution in [0.5, 0.6) is 0 Å². The zero-order chi connectivity index (χ0) is 20.5. The fourth-order valence-electron chi connectivity index (χ4n) is 2.80. The Kier molecular flexibility index (Phi) is 4.88. The minimum absolute atomic E-state index is 0.0219. The van der Waals surface area contributed by atoms with Crippen LogP contribution in [0.2, 0.25) is 0 Å². The summed E-state index contributed by atoms with van der Waals surface area (Å²) in [5, 5.41) is 0.190. The second-order valence-electron chi connectivity index (χ2n) is 5.84. The highest BCUT2D eigenvalue weighted by molar-refractivity contribution is 6.05. The number of aromatic nitrogens is 3. The molecule has 0 aliphatic heterocycles. The molecule has 0 unspecified atom stereocenters. The number of pyridine rings is 1. The first kappa shape index (κ1) is 19.1. The van der Waals surface area contributed by atoms with Crippen molar-refractivity contribution in [2.45, 2.75) is 6.18 Å². The van der Waals surface area contributed by atoms with Crippen molar-refractivity contribution in [3.63, 3.8) is 0 Å². The van der Waals surface area contributed by atoms with Gasteiger partial charge in [-0.1, -0.05) is 6.08 Å². The Balaban J connectivity index is 2.39. The van der Waals surface area contributed by atoms with E-state index in [9.17, 15) is 18.0 Å². The first-order valence-electron chi connectivity index (χ1n) is 7.90. The van der Waals surface area contributed by atoms with Gasteiger partial charge in [0.25, 0.3) is 0 Å². The summed E-state index contributed by atoms with van der Waals surface area (Å²) in [6.07, 6.45) is 0.313. The summed E-state index contributed by atoms with van der Waals surface area (Å²) in [4.78, 5) is 23.5. The summed E-state index contributed by atoms with van der Waals surface area (Å²) in [6, 6.07) is 3.50. The first-order valence-corrected chi connectivity index (χ1v) is 7.90. The van der Waals surface area contributed by atoms with E-state index >= 15 is 0 Å². The molecular weight excluding hydrogens is 373 g/mol. The Hall–Kier alpha value is -3.67. The van der Waals surface area contributed by atoms with Gasteiger partial charge in [-0.2, -0.15) is 13.2 Å². The van der Waals surface area contributed by atoms with E-state index in [4.69, 9.17) is 11.3 Å². The predicted molar refractivity (Wildman–Crippen MR) is 95.9 cm³/mol. The molecule has 0 amide bonds. The number of rotatable bonds is 3. The van der Waals surface area contributed by atoms with Crippen LogP contribution < -0.4 is 0 Å². The van der Waals surface area contributed by atoms with Gasteiger partial charge in [0, 0.05) is 12.4 Å². The number of hydrogen-bond donors (Lipinski definition) is 0. The number of carbonyl (C=O) groups excluding carboxylic acids is 1. The molecule has 0 fully saturated rings. The number of methoxy groups -OCH3 is 1. The van der Waals surface area contributed by atoms with Crippen LogP contribution in [0.1, 0.15) is 21.5 Å². The number of fused-ring (bicyclic) bond motifs is 1. The van der Waals surface area contributed by atoms with Crippen molar-refractivity contribution in [1.29, 1.82) is 0 Å². The van der Waals surface area contributed by atoms with Crippen molar-refractivity contribution in [3.05, 3.63) is 65.0 Å². The Morgan fingerprint density at radius 1 is 1.32 bits per heavy atom. The van der Waals surface area contributed by atoms with Gasteiger partial charge in [-0.25, -0.2) is 19.6 Å². The number of imidazole rings is 1. The molecule has 0 bridgehead atoms. The summed E-state index contributed by atoms with van der Waals surface area (Å²) < 4.78 is 47.0. The third kappa shape index (κ3) is 3.44. The van der Waals surface area contributed by atoms with Crippen LogP contribution in [0.4, 0.5) is 13.2 Å². The number of carbonyl (C=O) groups is 1. The van der Waals surface area contributed by atoms with Crippen molar-refractivity contribution in [2.24, 2.45) is 7.05 Å². The van der Waals surface area contributed by atoms with E-state index in [1.165, 1.54) is 31.8 Å². The zero-order valence-electron chi connectivity index (χ0n) is 14.8. The molecule has 28 heavy (non-hydrogen) atoms. The molecule has 0 aliphatic rings. The van der Waals surface area contributed by atoms with E-state index in [1.807, 2.05) is 0 Å². The maximum Gasteiger partial charge on any atom is 0.417 e. The third-order valence-corrected chi connectivity index (χ3v) is 4.10. The Morgan fingerprint density at radius 2 is 2.07 bits per heavy atom. The van der Waals surface area contributed by atoms with E-state index < -0.39 is 17.7 Å². The van der Waals surface area contributed by atoms with Gasteiger partial charge in [0.15, 0.2) is 6.20 Å². The molecule has 2 aromatic heterocycles. The lowest BCUT2D eigenvalue weighted by Crippen LogP contribution is -2.10. The second kappa shape index (κ2) is 7.15. The Morgan fingerprint density at radius 3 is 2.64 bits per heavy atom. The molecule has 2 heterocycles. The molecule has 6 nitrogen and oxygen atoms in total. The Bertz CT molecular complexity index is 1140. The summed E-state index contributed by atoms with van der Waals surface area (Å²) in [5.74, 6) is -0.712. The SMILES string of the molecule is [C-]#[N+]C=Cc1cc2c(C(=O)OC)cc(-c3cncn3C)nc2cc1C(F)(F)F. The number of esters is 1. The topological polar surface area (TPSA) is 61.4 Å². The second-order valence-corrected chi connectivity index (χ2v) is 5.84. The monoisotopic (exact) mass is 386 g/mol. The minimum atomic E-state index is -4.66. The first-order chi connectivity index (χ1) is 13.3. The van der Waals surface area contributed by atoms with Gasteiger partial charge in [0.1, 0.15) is 0 Å². The molecule has 0 radical (unpaired) electrons. The lowest BCUT2D eigenvalue weighted by atomic mass is 9.99. The van der Waals surface area contributed by atoms with Gasteiger partial charge in [-0.15, -0.1) is 0 Å². The van der Waals surface area contributed by atoms with Gasteiger partial charge < -0.3 is 9.30 Å². The standard InChI is InChI=1S/C19H13F3N4O2/c1-23-5-4-11-6-12-13(18(27)28-3)7-16(17-9-24-10-26(17)2)25-15(12)8-14(11)19(20,21)22/h4-10H,2-3H3. The molecule has 3 rings (SSSR count). The number of aryl methyl sites for hydroxylation is 1. The van der Waals surface area contributed by atoms with E-state index in [1.54, 1.807) is 11.6 Å². The molecule has 9 heteroatoms. The van der Waals surface area contributed by atoms with Crippen LogP contribution in [0.3, 0.4) is 0 Å². The minimum Gasteiger partial charge on any atom is -0.465 e. The van der Waals surface area contributed by atoms with E-state index in [0.717, 1.165) is 18.3 Å². The quantitative estimate of drug-likeness (QED) is 0.497. The van der Waals surface area contributed by atoms with Crippen molar-refractivity contribution in [1.82, 2.24) is 14.5 Å². The highest BCUT2D eigenvalue weighted by atomic mass is 19.4. The maximum absolute atomic E-state index is 13.5. The van der Waals surface area contributed by atoms with Crippen LogP contribution in [-0.2, 0) is 18.0 Å². The largest absolute Gasteiger partial charge is 0.465 e. The van der Waals surface area contributed by atoms with Crippen LogP contribution >= 0.6 is 0 Å². The number of hydrogen-bond acceptors (Lipinski definition) is 4. The van der Waals surface area contributed by atoms with Crippen LogP contribution in [0.25, 0.3) is 33.2 Å². The summed E-state index contributed by atoms with van der Waals surface area (Å²) >= 11 is 0. The van der Waals surface area contributed by atoms with Crippen LogP contribution in [0.15, 0.2) is 36.9 Å². The number of nitrogens with zero attached hydrogens (tertiary/aromatic N) is 4. The molecule has 0 atom stereocenters. The van der Waals surface area contributed by atoms with Gasteiger partial charge >= 0.3 is 12.1 Å². The molecule has 0 spiro atoms. The average molecular weight is 386 g/mol. The lowest BCUT2D eigenvalue weighted by molar-refractivity contribution is -0.137. The average Bonchev–Trinajstić information content (AvgIpc) is 3.09. The van der Waals surface area contributed by atoms with Gasteiger partial charge in [-0.3, -0.25) is 0 Å². The fourth-order valence-corrected chi connectivity index (χ4v) is 2.80. The molecule has 142 valence electrons. The van der Waals surface area contributed by atoms with Crippen molar-refractivity contribution in [2.75, 3.05) is 7.11 Å². The molecule has 0 N–H and O–H groups in total. The van der Waals surface area contributed by atoms with Gasteiger partial charge in [0.2, 0.25) is 0 Å². The highest BCUT2D eigenvalue weighted by Gasteiger charge is 2.33. The van der Waals surface area contributed by atoms with E-state index in [-0.39, 0.29) is 27.7 Å². The molecular formula is C19H13F3N4O2. The van der Waals surface area contributed by atoms with E-state index in [2.05, 4.69) is 14.8 Å². The number of halogens is 3. The van der Waals surface area contributed by atoms with Crippen molar-refractivity contribution < 1.29 is 22.7 Å².